The number of para-hydroxylation sites is 1. The van der Waals surface area contributed by atoms with Crippen molar-refractivity contribution in [3.8, 4) is 0 Å². The summed E-state index contributed by atoms with van der Waals surface area (Å²) in [5.41, 5.74) is 2.54. The molecule has 2 aromatic rings. The second-order valence-electron chi connectivity index (χ2n) is 2.80. The lowest BCUT2D eigenvalue weighted by atomic mass is 10.2. The maximum Gasteiger partial charge on any atom is 0.314 e. The van der Waals surface area contributed by atoms with Crippen LogP contribution in [0.25, 0.3) is 10.9 Å². The molecule has 3 N–H and O–H groups in total. The van der Waals surface area contributed by atoms with E-state index in [2.05, 4.69) is 30.1 Å². The van der Waals surface area contributed by atoms with Crippen LogP contribution in [0.2, 0.25) is 0 Å². The van der Waals surface area contributed by atoms with Gasteiger partial charge in [0, 0.05) is 17.1 Å². The number of H-pyrrole nitrogens is 1. The second kappa shape index (κ2) is 4.96. The van der Waals surface area contributed by atoms with Crippen molar-refractivity contribution in [2.45, 2.75) is 6.92 Å². The molecule has 0 aliphatic carbocycles. The maximum atomic E-state index is 8.74. The van der Waals surface area contributed by atoms with Crippen molar-refractivity contribution in [3.05, 3.63) is 36.0 Å². The topological polar surface area (TPSA) is 73.3 Å². The first-order chi connectivity index (χ1) is 6.61. The molecule has 5 heteroatoms. The van der Waals surface area contributed by atoms with Crippen molar-refractivity contribution in [2.24, 2.45) is 0 Å². The Morgan fingerprint density at radius 1 is 1.29 bits per heavy atom. The summed E-state index contributed by atoms with van der Waals surface area (Å²) in [6.45, 7) is 2.11. The SMILES string of the molecule is Cc1c[nH]c2ccccc12.O=[PH](O)O. The number of aromatic amines is 1. The molecule has 0 spiro atoms. The number of nitrogens with one attached hydrogen (secondary N) is 1. The van der Waals surface area contributed by atoms with Crippen LogP contribution in [0.4, 0.5) is 0 Å². The summed E-state index contributed by atoms with van der Waals surface area (Å²) in [5.74, 6) is 0. The van der Waals surface area contributed by atoms with Crippen LogP contribution in [0.15, 0.2) is 30.5 Å². The largest absolute Gasteiger partial charge is 0.361 e. The molecule has 0 saturated heterocycles. The lowest BCUT2D eigenvalue weighted by molar-refractivity contribution is 0.405. The van der Waals surface area contributed by atoms with Crippen LogP contribution in [0, 0.1) is 6.92 Å². The summed E-state index contributed by atoms with van der Waals surface area (Å²) in [6.07, 6.45) is 2.03. The minimum Gasteiger partial charge on any atom is -0.361 e. The van der Waals surface area contributed by atoms with Crippen molar-refractivity contribution in [3.63, 3.8) is 0 Å². The lowest BCUT2D eigenvalue weighted by Crippen LogP contribution is -1.64. The molecular formula is C9H12NO3P. The van der Waals surface area contributed by atoms with E-state index < -0.39 is 8.25 Å². The van der Waals surface area contributed by atoms with E-state index >= 15 is 0 Å². The summed E-state index contributed by atoms with van der Waals surface area (Å²) in [7, 11) is -3.13. The van der Waals surface area contributed by atoms with E-state index in [0.29, 0.717) is 0 Å². The van der Waals surface area contributed by atoms with Crippen LogP contribution < -0.4 is 0 Å². The average molecular weight is 213 g/mol. The summed E-state index contributed by atoms with van der Waals surface area (Å²) in [4.78, 5) is 17.5. The highest BCUT2D eigenvalue weighted by molar-refractivity contribution is 7.30. The molecule has 0 aliphatic heterocycles. The van der Waals surface area contributed by atoms with Crippen molar-refractivity contribution >= 4 is 19.2 Å². The van der Waals surface area contributed by atoms with Crippen LogP contribution >= 0.6 is 8.25 Å². The summed E-state index contributed by atoms with van der Waals surface area (Å²) in [6, 6.07) is 8.31. The highest BCUT2D eigenvalue weighted by atomic mass is 31.1. The smallest absolute Gasteiger partial charge is 0.314 e. The monoisotopic (exact) mass is 213 g/mol. The highest BCUT2D eigenvalue weighted by Crippen LogP contribution is 2.15. The van der Waals surface area contributed by atoms with Gasteiger partial charge in [-0.15, -0.1) is 0 Å². The molecule has 4 nitrogen and oxygen atoms in total. The third-order valence-corrected chi connectivity index (χ3v) is 1.80. The zero-order valence-corrected chi connectivity index (χ0v) is 8.69. The third kappa shape index (κ3) is 3.00. The summed E-state index contributed by atoms with van der Waals surface area (Å²) >= 11 is 0. The Kier molecular flexibility index (Phi) is 3.89. The fourth-order valence-electron chi connectivity index (χ4n) is 1.22. The van der Waals surface area contributed by atoms with Gasteiger partial charge in [0.15, 0.2) is 0 Å². The number of aromatic nitrogens is 1. The molecule has 0 radical (unpaired) electrons. The molecule has 1 heterocycles. The Hall–Kier alpha value is -1.09. The van der Waals surface area contributed by atoms with E-state index in [4.69, 9.17) is 14.4 Å². The number of hydrogen-bond donors (Lipinski definition) is 3. The Morgan fingerprint density at radius 3 is 2.43 bits per heavy atom. The normalized spacial score (nSPS) is 10.0. The molecule has 0 unspecified atom stereocenters. The predicted molar refractivity (Wildman–Crippen MR) is 56.5 cm³/mol. The van der Waals surface area contributed by atoms with Crippen molar-refractivity contribution in [2.75, 3.05) is 0 Å². The maximum absolute atomic E-state index is 8.74. The van der Waals surface area contributed by atoms with Gasteiger partial charge in [-0.1, -0.05) is 18.2 Å². The van der Waals surface area contributed by atoms with Gasteiger partial charge in [-0.3, -0.25) is 4.57 Å². The summed E-state index contributed by atoms with van der Waals surface area (Å²) in [5, 5.41) is 1.32. The van der Waals surface area contributed by atoms with Gasteiger partial charge in [-0.2, -0.15) is 0 Å². The molecule has 0 aliphatic rings. The average Bonchev–Trinajstić information content (AvgIpc) is 2.48. The number of benzene rings is 1. The molecule has 1 aromatic heterocycles. The Bertz CT molecular complexity index is 434. The molecule has 2 rings (SSSR count). The molecule has 14 heavy (non-hydrogen) atoms. The van der Waals surface area contributed by atoms with E-state index in [1.165, 1.54) is 16.5 Å². The molecule has 76 valence electrons. The van der Waals surface area contributed by atoms with Gasteiger partial charge in [-0.25, -0.2) is 0 Å². The number of aryl methyl sites for hydroxylation is 1. The van der Waals surface area contributed by atoms with Gasteiger partial charge < -0.3 is 14.8 Å². The van der Waals surface area contributed by atoms with Crippen molar-refractivity contribution in [1.29, 1.82) is 0 Å². The molecular weight excluding hydrogens is 201 g/mol. The number of hydrogen-bond acceptors (Lipinski definition) is 1. The van der Waals surface area contributed by atoms with E-state index in [-0.39, 0.29) is 0 Å². The standard InChI is InChI=1S/C9H9N.H3O3P/c1-7-6-10-9-5-3-2-4-8(7)9;1-4(2)3/h2-6,10H,1H3;4H,(H2,1,2,3). The van der Waals surface area contributed by atoms with Crippen molar-refractivity contribution in [1.82, 2.24) is 4.98 Å². The molecule has 0 atom stereocenters. The van der Waals surface area contributed by atoms with Crippen LogP contribution in [-0.4, -0.2) is 14.8 Å². The number of fused-ring (bicyclic) bond motifs is 1. The quantitative estimate of drug-likeness (QED) is 0.584. The van der Waals surface area contributed by atoms with Gasteiger partial charge in [0.1, 0.15) is 0 Å². The molecule has 0 bridgehead atoms. The fraction of sp³-hybridized carbons (Fsp3) is 0.111. The highest BCUT2D eigenvalue weighted by Gasteiger charge is 1.94. The van der Waals surface area contributed by atoms with Crippen LogP contribution in [0.5, 0.6) is 0 Å². The lowest BCUT2D eigenvalue weighted by Gasteiger charge is -1.86. The van der Waals surface area contributed by atoms with Gasteiger partial charge >= 0.3 is 8.25 Å². The minimum absolute atomic E-state index is 1.22. The van der Waals surface area contributed by atoms with Gasteiger partial charge in [0.25, 0.3) is 0 Å². The van der Waals surface area contributed by atoms with Crippen LogP contribution in [-0.2, 0) is 4.57 Å². The van der Waals surface area contributed by atoms with Crippen LogP contribution in [0.1, 0.15) is 5.56 Å². The van der Waals surface area contributed by atoms with Gasteiger partial charge in [0.05, 0.1) is 0 Å². The van der Waals surface area contributed by atoms with E-state index in [1.54, 1.807) is 0 Å². The minimum atomic E-state index is -3.13. The third-order valence-electron chi connectivity index (χ3n) is 1.80. The summed E-state index contributed by atoms with van der Waals surface area (Å²) < 4.78 is 8.74. The molecule has 0 fully saturated rings. The van der Waals surface area contributed by atoms with Crippen LogP contribution in [0.3, 0.4) is 0 Å². The zero-order chi connectivity index (χ0) is 10.6. The fourth-order valence-corrected chi connectivity index (χ4v) is 1.22. The zero-order valence-electron chi connectivity index (χ0n) is 7.69. The molecule has 0 saturated carbocycles. The predicted octanol–water partition coefficient (Wildman–Crippen LogP) is 1.84. The first-order valence-corrected chi connectivity index (χ1v) is 5.36. The Morgan fingerprint density at radius 2 is 1.86 bits per heavy atom. The Balaban J connectivity index is 0.000000213. The molecule has 1 aromatic carbocycles. The van der Waals surface area contributed by atoms with E-state index in [1.807, 2.05) is 12.3 Å². The number of rotatable bonds is 0. The van der Waals surface area contributed by atoms with E-state index in [9.17, 15) is 0 Å². The van der Waals surface area contributed by atoms with Gasteiger partial charge in [-0.05, 0) is 18.6 Å². The Labute approximate surface area is 82.2 Å². The first-order valence-electron chi connectivity index (χ1n) is 4.06. The van der Waals surface area contributed by atoms with Gasteiger partial charge in [0.2, 0.25) is 0 Å². The second-order valence-corrected chi connectivity index (χ2v) is 3.36. The first kappa shape index (κ1) is 11.0. The van der Waals surface area contributed by atoms with Crippen molar-refractivity contribution < 1.29 is 14.4 Å². The van der Waals surface area contributed by atoms with E-state index in [0.717, 1.165) is 0 Å². The molecule has 0 amide bonds.